The lowest BCUT2D eigenvalue weighted by Crippen LogP contribution is -2.34. The summed E-state index contributed by atoms with van der Waals surface area (Å²) >= 11 is 0. The van der Waals surface area contributed by atoms with Gasteiger partial charge in [0.1, 0.15) is 0 Å². The molecule has 1 amide bonds. The first-order valence-electron chi connectivity index (χ1n) is 8.63. The third-order valence-electron chi connectivity index (χ3n) is 4.48. The number of carboxylic acids is 1. The Morgan fingerprint density at radius 3 is 2.25 bits per heavy atom. The van der Waals surface area contributed by atoms with E-state index in [-0.39, 0.29) is 18.1 Å². The minimum absolute atomic E-state index is 0.0776. The van der Waals surface area contributed by atoms with E-state index in [0.717, 1.165) is 5.56 Å². The Balaban J connectivity index is 2.34. The zero-order chi connectivity index (χ0) is 20.9. The van der Waals surface area contributed by atoms with Gasteiger partial charge in [-0.3, -0.25) is 4.79 Å². The van der Waals surface area contributed by atoms with Gasteiger partial charge in [0.15, 0.2) is 11.5 Å². The van der Waals surface area contributed by atoms with E-state index in [2.05, 4.69) is 5.32 Å². The van der Waals surface area contributed by atoms with Crippen molar-refractivity contribution in [1.82, 2.24) is 0 Å². The smallest absolute Gasteiger partial charge is 0.335 e. The van der Waals surface area contributed by atoms with Crippen molar-refractivity contribution in [3.8, 4) is 11.5 Å². The molecule has 2 aromatic rings. The van der Waals surface area contributed by atoms with Gasteiger partial charge in [-0.25, -0.2) is 4.79 Å². The lowest BCUT2D eigenvalue weighted by molar-refractivity contribution is -0.120. The monoisotopic (exact) mass is 387 g/mol. The largest absolute Gasteiger partial charge is 0.493 e. The van der Waals surface area contributed by atoms with E-state index in [0.29, 0.717) is 22.7 Å². The maximum atomic E-state index is 13.0. The first-order chi connectivity index (χ1) is 13.2. The van der Waals surface area contributed by atoms with Gasteiger partial charge >= 0.3 is 5.97 Å². The Hall–Kier alpha value is -3.06. The highest BCUT2D eigenvalue weighted by Crippen LogP contribution is 2.34. The number of amides is 1. The van der Waals surface area contributed by atoms with E-state index in [1.165, 1.54) is 26.4 Å². The van der Waals surface area contributed by atoms with Gasteiger partial charge in [-0.05, 0) is 55.3 Å². The molecule has 0 saturated heterocycles. The van der Waals surface area contributed by atoms with Crippen LogP contribution in [-0.4, -0.2) is 38.3 Å². The summed E-state index contributed by atoms with van der Waals surface area (Å²) in [7, 11) is 4.59. The van der Waals surface area contributed by atoms with E-state index in [9.17, 15) is 14.7 Å². The second-order valence-electron chi connectivity index (χ2n) is 6.81. The van der Waals surface area contributed by atoms with Crippen molar-refractivity contribution >= 4 is 17.6 Å². The van der Waals surface area contributed by atoms with E-state index >= 15 is 0 Å². The first kappa shape index (κ1) is 21.2. The summed E-state index contributed by atoms with van der Waals surface area (Å²) in [5, 5.41) is 12.1. The van der Waals surface area contributed by atoms with Crippen molar-refractivity contribution in [1.29, 1.82) is 0 Å². The molecule has 0 fully saturated rings. The maximum absolute atomic E-state index is 13.0. The van der Waals surface area contributed by atoms with Crippen LogP contribution in [0.5, 0.6) is 11.5 Å². The first-order valence-corrected chi connectivity index (χ1v) is 8.63. The number of ether oxygens (including phenoxy) is 3. The van der Waals surface area contributed by atoms with Crippen LogP contribution in [0.1, 0.15) is 35.3 Å². The van der Waals surface area contributed by atoms with Crippen molar-refractivity contribution in [2.45, 2.75) is 25.9 Å². The fourth-order valence-electron chi connectivity index (χ4n) is 2.78. The van der Waals surface area contributed by atoms with Crippen LogP contribution in [0, 0.1) is 0 Å². The average molecular weight is 387 g/mol. The van der Waals surface area contributed by atoms with Gasteiger partial charge in [0.2, 0.25) is 5.91 Å². The Bertz CT molecular complexity index is 875. The van der Waals surface area contributed by atoms with Gasteiger partial charge in [-0.1, -0.05) is 6.07 Å². The van der Waals surface area contributed by atoms with Crippen LogP contribution in [0.15, 0.2) is 36.4 Å². The average Bonchev–Trinajstić information content (AvgIpc) is 2.67. The Morgan fingerprint density at radius 1 is 1.00 bits per heavy atom. The van der Waals surface area contributed by atoms with Gasteiger partial charge < -0.3 is 24.6 Å². The molecule has 28 heavy (non-hydrogen) atoms. The highest BCUT2D eigenvalue weighted by Gasteiger charge is 2.31. The third kappa shape index (κ3) is 4.61. The quantitative estimate of drug-likeness (QED) is 0.720. The molecule has 0 aliphatic carbocycles. The molecule has 7 nitrogen and oxygen atoms in total. The molecule has 0 heterocycles. The number of hydrogen-bond acceptors (Lipinski definition) is 5. The van der Waals surface area contributed by atoms with Crippen molar-refractivity contribution in [2.75, 3.05) is 26.6 Å². The zero-order valence-corrected chi connectivity index (χ0v) is 16.7. The maximum Gasteiger partial charge on any atom is 0.335 e. The van der Waals surface area contributed by atoms with E-state index in [1.807, 2.05) is 0 Å². The second-order valence-corrected chi connectivity index (χ2v) is 6.81. The van der Waals surface area contributed by atoms with E-state index < -0.39 is 11.4 Å². The molecule has 0 aliphatic rings. The molecular weight excluding hydrogens is 362 g/mol. The van der Waals surface area contributed by atoms with Crippen LogP contribution < -0.4 is 14.8 Å². The second kappa shape index (κ2) is 8.75. The zero-order valence-electron chi connectivity index (χ0n) is 16.7. The number of anilines is 1. The minimum Gasteiger partial charge on any atom is -0.493 e. The van der Waals surface area contributed by atoms with Gasteiger partial charge in [-0.15, -0.1) is 0 Å². The summed E-state index contributed by atoms with van der Waals surface area (Å²) in [6.07, 6.45) is 0. The van der Waals surface area contributed by atoms with Crippen LogP contribution in [0.2, 0.25) is 0 Å². The normalized spacial score (nSPS) is 11.0. The van der Waals surface area contributed by atoms with Gasteiger partial charge in [-0.2, -0.15) is 0 Å². The van der Waals surface area contributed by atoms with E-state index in [1.54, 1.807) is 45.2 Å². The predicted octanol–water partition coefficient (Wildman–Crippen LogP) is 3.46. The minimum atomic E-state index is -1.08. The summed E-state index contributed by atoms with van der Waals surface area (Å²) in [5.74, 6) is -0.268. The number of rotatable bonds is 8. The number of nitrogens with one attached hydrogen (secondary N) is 1. The Labute approximate surface area is 164 Å². The number of carboxylic acid groups (broad SMARTS) is 1. The molecule has 2 N–H and O–H groups in total. The SMILES string of the molecule is COCc1cc(NC(=O)C(C)(C)c2ccc(OC)c(OC)c2)cc(C(=O)O)c1. The standard InChI is InChI=1S/C21H25NO6/c1-21(2,15-6-7-17(27-4)18(11-15)28-5)20(25)22-16-9-13(12-26-3)8-14(10-16)19(23)24/h6-11H,12H2,1-5H3,(H,22,25)(H,23,24). The fourth-order valence-corrected chi connectivity index (χ4v) is 2.78. The summed E-state index contributed by atoms with van der Waals surface area (Å²) in [6.45, 7) is 3.80. The lowest BCUT2D eigenvalue weighted by Gasteiger charge is -2.25. The molecule has 0 aliphatic heterocycles. The van der Waals surface area contributed by atoms with Crippen molar-refractivity contribution in [2.24, 2.45) is 0 Å². The van der Waals surface area contributed by atoms with Crippen molar-refractivity contribution < 1.29 is 28.9 Å². The number of methoxy groups -OCH3 is 3. The van der Waals surface area contributed by atoms with Gasteiger partial charge in [0.05, 0.1) is 31.8 Å². The molecule has 0 unspecified atom stereocenters. The molecule has 7 heteroatoms. The molecule has 0 atom stereocenters. The summed E-state index contributed by atoms with van der Waals surface area (Å²) in [5.41, 5.74) is 0.954. The van der Waals surface area contributed by atoms with Crippen molar-refractivity contribution in [3.63, 3.8) is 0 Å². The number of aromatic carboxylic acids is 1. The predicted molar refractivity (Wildman–Crippen MR) is 105 cm³/mol. The highest BCUT2D eigenvalue weighted by molar-refractivity contribution is 6.00. The molecule has 0 saturated carbocycles. The molecule has 150 valence electrons. The van der Waals surface area contributed by atoms with Crippen LogP contribution in [0.4, 0.5) is 5.69 Å². The van der Waals surface area contributed by atoms with Gasteiger partial charge in [0.25, 0.3) is 0 Å². The summed E-state index contributed by atoms with van der Waals surface area (Å²) in [4.78, 5) is 24.3. The Kier molecular flexibility index (Phi) is 6.64. The lowest BCUT2D eigenvalue weighted by atomic mass is 9.83. The van der Waals surface area contributed by atoms with Crippen LogP contribution in [0.3, 0.4) is 0 Å². The topological polar surface area (TPSA) is 94.1 Å². The summed E-state index contributed by atoms with van der Waals surface area (Å²) < 4.78 is 15.6. The number of hydrogen-bond donors (Lipinski definition) is 2. The van der Waals surface area contributed by atoms with E-state index in [4.69, 9.17) is 14.2 Å². The molecule has 0 aromatic heterocycles. The van der Waals surface area contributed by atoms with Gasteiger partial charge in [0, 0.05) is 12.8 Å². The number of carbonyl (C=O) groups is 2. The molecule has 2 aromatic carbocycles. The van der Waals surface area contributed by atoms with Crippen LogP contribution >= 0.6 is 0 Å². The molecule has 2 rings (SSSR count). The summed E-state index contributed by atoms with van der Waals surface area (Å²) in [6, 6.07) is 9.92. The molecule has 0 radical (unpaired) electrons. The van der Waals surface area contributed by atoms with Crippen LogP contribution in [0.25, 0.3) is 0 Å². The fraction of sp³-hybridized carbons (Fsp3) is 0.333. The number of benzene rings is 2. The third-order valence-corrected chi connectivity index (χ3v) is 4.48. The van der Waals surface area contributed by atoms with Crippen molar-refractivity contribution in [3.05, 3.63) is 53.1 Å². The molecule has 0 bridgehead atoms. The van der Waals surface area contributed by atoms with Crippen LogP contribution in [-0.2, 0) is 21.6 Å². The molecular formula is C21H25NO6. The molecule has 0 spiro atoms. The Morgan fingerprint density at radius 2 is 1.68 bits per heavy atom. The highest BCUT2D eigenvalue weighted by atomic mass is 16.5. The number of carbonyl (C=O) groups excluding carboxylic acids is 1.